The molecular formula is C4H3ClS2. The van der Waals surface area contributed by atoms with Gasteiger partial charge in [-0.3, -0.25) is 0 Å². The Morgan fingerprint density at radius 2 is 2.57 bits per heavy atom. The summed E-state index contributed by atoms with van der Waals surface area (Å²) in [4.78, 5) is 0. The Kier molecular flexibility index (Phi) is 1.73. The van der Waals surface area contributed by atoms with Crippen LogP contribution in [0, 0.1) is 0 Å². The molecule has 0 aromatic rings. The number of thioether (sulfide) groups is 1. The molecular weight excluding hydrogens is 148 g/mol. The van der Waals surface area contributed by atoms with Gasteiger partial charge in [-0.1, -0.05) is 29.9 Å². The van der Waals surface area contributed by atoms with Crippen molar-refractivity contribution >= 4 is 39.8 Å². The summed E-state index contributed by atoms with van der Waals surface area (Å²) in [5.74, 6) is 0.956. The summed E-state index contributed by atoms with van der Waals surface area (Å²) in [7, 11) is 0. The average molecular weight is 151 g/mol. The Balaban J connectivity index is 2.72. The number of hydrogen-bond donors (Lipinski definition) is 0. The third kappa shape index (κ3) is 1.18. The molecule has 0 spiro atoms. The fourth-order valence-electron chi connectivity index (χ4n) is 0.343. The first-order valence-corrected chi connectivity index (χ1v) is 3.60. The Bertz CT molecular complexity index is 128. The average Bonchev–Trinajstić information content (AvgIpc) is 1.91. The minimum Gasteiger partial charge on any atom is -0.109 e. The quantitative estimate of drug-likeness (QED) is 0.486. The second kappa shape index (κ2) is 2.16. The van der Waals surface area contributed by atoms with Crippen molar-refractivity contribution in [3.8, 4) is 0 Å². The van der Waals surface area contributed by atoms with E-state index in [0.29, 0.717) is 0 Å². The third-order valence-corrected chi connectivity index (χ3v) is 2.63. The van der Waals surface area contributed by atoms with Crippen LogP contribution in [0.15, 0.2) is 11.1 Å². The van der Waals surface area contributed by atoms with Crippen LogP contribution in [0.2, 0.25) is 0 Å². The number of halogens is 1. The Morgan fingerprint density at radius 3 is 2.71 bits per heavy atom. The van der Waals surface area contributed by atoms with Crippen molar-refractivity contribution in [2.45, 2.75) is 0 Å². The maximum absolute atomic E-state index is 5.56. The molecule has 0 nitrogen and oxygen atoms in total. The summed E-state index contributed by atoms with van der Waals surface area (Å²) in [6.45, 7) is 0. The molecule has 38 valence electrons. The van der Waals surface area contributed by atoms with Crippen LogP contribution >= 0.6 is 35.6 Å². The highest BCUT2D eigenvalue weighted by Gasteiger charge is 2.06. The first-order chi connectivity index (χ1) is 3.30. The molecule has 0 saturated heterocycles. The molecule has 0 aliphatic carbocycles. The van der Waals surface area contributed by atoms with E-state index in [1.807, 2.05) is 6.08 Å². The van der Waals surface area contributed by atoms with Crippen LogP contribution in [0.5, 0.6) is 0 Å². The van der Waals surface area contributed by atoms with Gasteiger partial charge in [0.15, 0.2) is 0 Å². The molecule has 1 rings (SSSR count). The molecule has 0 radical (unpaired) electrons. The van der Waals surface area contributed by atoms with Crippen LogP contribution in [0.1, 0.15) is 0 Å². The summed E-state index contributed by atoms with van der Waals surface area (Å²) in [6.07, 6.45) is 1.93. The van der Waals surface area contributed by atoms with E-state index in [0.717, 1.165) is 15.0 Å². The number of thiocarbonyl (C=S) groups is 1. The van der Waals surface area contributed by atoms with Crippen molar-refractivity contribution in [2.75, 3.05) is 5.75 Å². The SMILES string of the molecule is S=C1SCC=C1Cl. The molecule has 0 bridgehead atoms. The zero-order valence-corrected chi connectivity index (χ0v) is 5.87. The van der Waals surface area contributed by atoms with E-state index in [1.54, 1.807) is 11.8 Å². The molecule has 0 fully saturated rings. The molecule has 0 N–H and O–H groups in total. The van der Waals surface area contributed by atoms with E-state index in [4.69, 9.17) is 23.8 Å². The van der Waals surface area contributed by atoms with E-state index >= 15 is 0 Å². The van der Waals surface area contributed by atoms with Crippen LogP contribution in [-0.2, 0) is 0 Å². The molecule has 7 heavy (non-hydrogen) atoms. The standard InChI is InChI=1S/C4H3ClS2/c5-3-1-2-7-4(3)6/h1H,2H2. The van der Waals surface area contributed by atoms with Crippen LogP contribution in [0.25, 0.3) is 0 Å². The van der Waals surface area contributed by atoms with Gasteiger partial charge in [0.05, 0.1) is 9.23 Å². The topological polar surface area (TPSA) is 0 Å². The Morgan fingerprint density at radius 1 is 1.86 bits per heavy atom. The molecule has 1 aliphatic heterocycles. The normalized spacial score (nSPS) is 20.1. The van der Waals surface area contributed by atoms with Gasteiger partial charge in [-0.15, -0.1) is 11.8 Å². The zero-order chi connectivity index (χ0) is 5.28. The van der Waals surface area contributed by atoms with Crippen molar-refractivity contribution in [1.82, 2.24) is 0 Å². The fraction of sp³-hybridized carbons (Fsp3) is 0.250. The molecule has 0 aromatic carbocycles. The van der Waals surface area contributed by atoms with Gasteiger partial charge in [-0.25, -0.2) is 0 Å². The first-order valence-electron chi connectivity index (χ1n) is 1.83. The van der Waals surface area contributed by atoms with E-state index in [-0.39, 0.29) is 0 Å². The van der Waals surface area contributed by atoms with Gasteiger partial charge in [0.1, 0.15) is 0 Å². The molecule has 0 saturated carbocycles. The van der Waals surface area contributed by atoms with Gasteiger partial charge in [-0.05, 0) is 0 Å². The lowest BCUT2D eigenvalue weighted by atomic mass is 10.6. The Hall–Kier alpha value is 0.470. The van der Waals surface area contributed by atoms with Crippen LogP contribution in [0.3, 0.4) is 0 Å². The second-order valence-corrected chi connectivity index (χ2v) is 3.25. The van der Waals surface area contributed by atoms with Gasteiger partial charge in [0.25, 0.3) is 0 Å². The monoisotopic (exact) mass is 150 g/mol. The predicted octanol–water partition coefficient (Wildman–Crippen LogP) is 2.18. The summed E-state index contributed by atoms with van der Waals surface area (Å²) >= 11 is 12.0. The van der Waals surface area contributed by atoms with E-state index in [1.165, 1.54) is 0 Å². The smallest absolute Gasteiger partial charge is 0.0892 e. The molecule has 0 aromatic heterocycles. The van der Waals surface area contributed by atoms with Gasteiger partial charge in [0, 0.05) is 5.75 Å². The molecule has 0 atom stereocenters. The first kappa shape index (κ1) is 5.60. The van der Waals surface area contributed by atoms with E-state index in [2.05, 4.69) is 0 Å². The van der Waals surface area contributed by atoms with Crippen molar-refractivity contribution < 1.29 is 0 Å². The summed E-state index contributed by atoms with van der Waals surface area (Å²) in [5.41, 5.74) is 0. The minimum absolute atomic E-state index is 0.750. The summed E-state index contributed by atoms with van der Waals surface area (Å²) < 4.78 is 0.835. The van der Waals surface area contributed by atoms with Crippen molar-refractivity contribution in [3.05, 3.63) is 11.1 Å². The van der Waals surface area contributed by atoms with E-state index < -0.39 is 0 Å². The molecule has 0 amide bonds. The molecule has 1 heterocycles. The van der Waals surface area contributed by atoms with Crippen LogP contribution in [0.4, 0.5) is 0 Å². The highest BCUT2D eigenvalue weighted by Crippen LogP contribution is 2.23. The van der Waals surface area contributed by atoms with Crippen LogP contribution < -0.4 is 0 Å². The maximum atomic E-state index is 5.56. The zero-order valence-electron chi connectivity index (χ0n) is 3.48. The summed E-state index contributed by atoms with van der Waals surface area (Å²) in [5, 5.41) is 0.750. The lowest BCUT2D eigenvalue weighted by molar-refractivity contribution is 1.82. The second-order valence-electron chi connectivity index (χ2n) is 1.15. The van der Waals surface area contributed by atoms with Crippen LogP contribution in [-0.4, -0.2) is 9.95 Å². The third-order valence-electron chi connectivity index (χ3n) is 0.672. The van der Waals surface area contributed by atoms with Gasteiger partial charge >= 0.3 is 0 Å². The highest BCUT2D eigenvalue weighted by atomic mass is 35.5. The molecule has 3 heteroatoms. The molecule has 1 aliphatic rings. The largest absolute Gasteiger partial charge is 0.109 e. The van der Waals surface area contributed by atoms with E-state index in [9.17, 15) is 0 Å². The number of hydrogen-bond acceptors (Lipinski definition) is 2. The minimum atomic E-state index is 0.750. The van der Waals surface area contributed by atoms with Crippen molar-refractivity contribution in [1.29, 1.82) is 0 Å². The van der Waals surface area contributed by atoms with Crippen molar-refractivity contribution in [2.24, 2.45) is 0 Å². The molecule has 0 unspecified atom stereocenters. The van der Waals surface area contributed by atoms with Gasteiger partial charge < -0.3 is 0 Å². The van der Waals surface area contributed by atoms with Crippen molar-refractivity contribution in [3.63, 3.8) is 0 Å². The van der Waals surface area contributed by atoms with Gasteiger partial charge in [0.2, 0.25) is 0 Å². The number of rotatable bonds is 0. The lowest BCUT2D eigenvalue weighted by Crippen LogP contribution is -1.75. The highest BCUT2D eigenvalue weighted by molar-refractivity contribution is 8.24. The van der Waals surface area contributed by atoms with Gasteiger partial charge in [-0.2, -0.15) is 0 Å². The Labute approximate surface area is 56.9 Å². The maximum Gasteiger partial charge on any atom is 0.0892 e. The lowest BCUT2D eigenvalue weighted by Gasteiger charge is -1.82. The summed E-state index contributed by atoms with van der Waals surface area (Å²) in [6, 6.07) is 0. The predicted molar refractivity (Wildman–Crippen MR) is 39.0 cm³/mol. The fourth-order valence-corrected chi connectivity index (χ4v) is 1.59.